The van der Waals surface area contributed by atoms with E-state index in [0.29, 0.717) is 17.4 Å². The molecule has 0 aromatic carbocycles. The lowest BCUT2D eigenvalue weighted by Crippen LogP contribution is -2.42. The number of aromatic nitrogens is 1. The zero-order chi connectivity index (χ0) is 13.4. The number of rotatable bonds is 2. The normalized spacial score (nSPS) is 23.1. The number of carbonyl (C=O) groups is 2. The number of hydrogen-bond acceptors (Lipinski definition) is 4. The van der Waals surface area contributed by atoms with Gasteiger partial charge in [0.05, 0.1) is 17.6 Å². The van der Waals surface area contributed by atoms with E-state index < -0.39 is 0 Å². The molecule has 2 aliphatic heterocycles. The van der Waals surface area contributed by atoms with Crippen molar-refractivity contribution >= 4 is 29.4 Å². The molecule has 0 saturated carbocycles. The molecule has 6 nitrogen and oxygen atoms in total. The fourth-order valence-electron chi connectivity index (χ4n) is 2.56. The van der Waals surface area contributed by atoms with Gasteiger partial charge in [-0.15, -0.1) is 0 Å². The Kier molecular flexibility index (Phi) is 3.02. The first kappa shape index (κ1) is 12.2. The summed E-state index contributed by atoms with van der Waals surface area (Å²) in [6, 6.07) is 3.15. The quantitative estimate of drug-likeness (QED) is 0.816. The van der Waals surface area contributed by atoms with E-state index in [9.17, 15) is 9.59 Å². The summed E-state index contributed by atoms with van der Waals surface area (Å²) in [5.41, 5.74) is 0. The first-order chi connectivity index (χ1) is 9.16. The maximum atomic E-state index is 11.7. The first-order valence-corrected chi connectivity index (χ1v) is 6.50. The second-order valence-corrected chi connectivity index (χ2v) is 5.03. The largest absolute Gasteiger partial charge is 0.353 e. The van der Waals surface area contributed by atoms with Crippen molar-refractivity contribution in [1.29, 1.82) is 0 Å². The van der Waals surface area contributed by atoms with Gasteiger partial charge in [0, 0.05) is 19.3 Å². The van der Waals surface area contributed by atoms with Crippen molar-refractivity contribution in [2.45, 2.75) is 12.5 Å². The van der Waals surface area contributed by atoms with Gasteiger partial charge in [0.2, 0.25) is 5.91 Å². The van der Waals surface area contributed by atoms with Crippen molar-refractivity contribution in [1.82, 2.24) is 15.2 Å². The van der Waals surface area contributed by atoms with Gasteiger partial charge in [-0.25, -0.2) is 9.78 Å². The van der Waals surface area contributed by atoms with Crippen molar-refractivity contribution in [3.63, 3.8) is 0 Å². The van der Waals surface area contributed by atoms with Gasteiger partial charge in [-0.2, -0.15) is 0 Å². The molecule has 19 heavy (non-hydrogen) atoms. The van der Waals surface area contributed by atoms with Crippen LogP contribution in [0.1, 0.15) is 6.42 Å². The summed E-state index contributed by atoms with van der Waals surface area (Å²) in [6.07, 6.45) is 2.42. The highest BCUT2D eigenvalue weighted by Gasteiger charge is 2.38. The van der Waals surface area contributed by atoms with Crippen LogP contribution in [-0.4, -0.2) is 47.5 Å². The molecule has 1 unspecified atom stereocenters. The molecule has 100 valence electrons. The van der Waals surface area contributed by atoms with Crippen LogP contribution in [0.5, 0.6) is 0 Å². The topological polar surface area (TPSA) is 65.5 Å². The average Bonchev–Trinajstić information content (AvgIpc) is 2.97. The van der Waals surface area contributed by atoms with Crippen LogP contribution in [0, 0.1) is 0 Å². The smallest absolute Gasteiger partial charge is 0.324 e. The summed E-state index contributed by atoms with van der Waals surface area (Å²) in [6.45, 7) is 1.41. The third-order valence-electron chi connectivity index (χ3n) is 3.45. The summed E-state index contributed by atoms with van der Waals surface area (Å²) in [5.74, 6) is 0.544. The summed E-state index contributed by atoms with van der Waals surface area (Å²) < 4.78 is 0. The van der Waals surface area contributed by atoms with E-state index in [0.717, 1.165) is 13.0 Å². The molecule has 0 radical (unpaired) electrons. The molecule has 1 aromatic rings. The highest BCUT2D eigenvalue weighted by atomic mass is 35.5. The van der Waals surface area contributed by atoms with Gasteiger partial charge in [0.1, 0.15) is 5.82 Å². The van der Waals surface area contributed by atoms with Crippen LogP contribution >= 0.6 is 11.6 Å². The number of urea groups is 1. The summed E-state index contributed by atoms with van der Waals surface area (Å²) in [5, 5.41) is 3.12. The van der Waals surface area contributed by atoms with Crippen molar-refractivity contribution in [2.75, 3.05) is 24.5 Å². The van der Waals surface area contributed by atoms with Crippen LogP contribution in [0.4, 0.5) is 10.6 Å². The monoisotopic (exact) mass is 280 g/mol. The number of nitrogens with zero attached hydrogens (tertiary/aromatic N) is 3. The lowest BCUT2D eigenvalue weighted by Gasteiger charge is -2.22. The number of hydrogen-bond donors (Lipinski definition) is 1. The summed E-state index contributed by atoms with van der Waals surface area (Å²) in [4.78, 5) is 30.9. The van der Waals surface area contributed by atoms with Gasteiger partial charge < -0.3 is 10.2 Å². The second-order valence-electron chi connectivity index (χ2n) is 4.62. The van der Waals surface area contributed by atoms with Crippen molar-refractivity contribution in [3.05, 3.63) is 23.4 Å². The van der Waals surface area contributed by atoms with E-state index >= 15 is 0 Å². The molecule has 3 amide bonds. The number of carbonyl (C=O) groups excluding carboxylic acids is 2. The number of anilines is 1. The molecule has 2 saturated heterocycles. The van der Waals surface area contributed by atoms with Crippen LogP contribution in [0.15, 0.2) is 18.3 Å². The fourth-order valence-corrected chi connectivity index (χ4v) is 2.80. The summed E-state index contributed by atoms with van der Waals surface area (Å²) in [7, 11) is 0. The van der Waals surface area contributed by atoms with E-state index in [1.165, 1.54) is 4.90 Å². The van der Waals surface area contributed by atoms with Gasteiger partial charge in [-0.1, -0.05) is 11.6 Å². The Morgan fingerprint density at radius 1 is 1.42 bits per heavy atom. The highest BCUT2D eigenvalue weighted by Crippen LogP contribution is 2.27. The van der Waals surface area contributed by atoms with Gasteiger partial charge in [-0.3, -0.25) is 9.69 Å². The maximum absolute atomic E-state index is 11.7. The van der Waals surface area contributed by atoms with Gasteiger partial charge in [0.25, 0.3) is 0 Å². The summed E-state index contributed by atoms with van der Waals surface area (Å²) >= 11 is 6.11. The molecular weight excluding hydrogens is 268 g/mol. The zero-order valence-corrected chi connectivity index (χ0v) is 10.9. The first-order valence-electron chi connectivity index (χ1n) is 6.12. The second kappa shape index (κ2) is 4.70. The van der Waals surface area contributed by atoms with E-state index in [4.69, 9.17) is 11.6 Å². The number of nitrogens with one attached hydrogen (secondary N) is 1. The Morgan fingerprint density at radius 3 is 2.95 bits per heavy atom. The highest BCUT2D eigenvalue weighted by molar-refractivity contribution is 6.32. The standard InChI is InChI=1S/C12H13ClN4O2/c13-9-2-1-4-14-11(9)16-5-3-8(7-16)17-10(18)6-15-12(17)19/h1-2,4,8H,3,5-7H2,(H,15,19). The van der Waals surface area contributed by atoms with Crippen LogP contribution in [0.25, 0.3) is 0 Å². The van der Waals surface area contributed by atoms with Gasteiger partial charge in [-0.05, 0) is 18.6 Å². The van der Waals surface area contributed by atoms with E-state index in [1.54, 1.807) is 18.3 Å². The Morgan fingerprint density at radius 2 is 2.26 bits per heavy atom. The SMILES string of the molecule is O=C1CNC(=O)N1C1CCN(c2ncccc2Cl)C1. The molecule has 3 heterocycles. The van der Waals surface area contributed by atoms with Crippen molar-refractivity contribution < 1.29 is 9.59 Å². The fraction of sp³-hybridized carbons (Fsp3) is 0.417. The lowest BCUT2D eigenvalue weighted by atomic mass is 10.2. The van der Waals surface area contributed by atoms with Crippen LogP contribution < -0.4 is 10.2 Å². The Balaban J connectivity index is 1.76. The third kappa shape index (κ3) is 2.12. The minimum absolute atomic E-state index is 0.0969. The van der Waals surface area contributed by atoms with Gasteiger partial charge in [0.15, 0.2) is 0 Å². The number of pyridine rings is 1. The van der Waals surface area contributed by atoms with Crippen molar-refractivity contribution in [3.8, 4) is 0 Å². The molecule has 1 aromatic heterocycles. The predicted octanol–water partition coefficient (Wildman–Crippen LogP) is 0.865. The van der Waals surface area contributed by atoms with Crippen molar-refractivity contribution in [2.24, 2.45) is 0 Å². The molecule has 1 N–H and O–H groups in total. The Bertz CT molecular complexity index is 520. The average molecular weight is 281 g/mol. The lowest BCUT2D eigenvalue weighted by molar-refractivity contribution is -0.126. The van der Waals surface area contributed by atoms with E-state index in [-0.39, 0.29) is 24.5 Å². The Labute approximate surface area is 115 Å². The van der Waals surface area contributed by atoms with Gasteiger partial charge >= 0.3 is 6.03 Å². The minimum atomic E-state index is -0.302. The molecule has 2 fully saturated rings. The van der Waals surface area contributed by atoms with E-state index in [1.807, 2.05) is 4.90 Å². The number of halogens is 1. The molecule has 3 rings (SSSR count). The Hall–Kier alpha value is -1.82. The van der Waals surface area contributed by atoms with Crippen LogP contribution in [0.3, 0.4) is 0 Å². The zero-order valence-electron chi connectivity index (χ0n) is 10.2. The molecule has 0 spiro atoms. The molecule has 2 aliphatic rings. The maximum Gasteiger partial charge on any atom is 0.324 e. The number of amides is 3. The molecule has 0 aliphatic carbocycles. The van der Waals surface area contributed by atoms with Crippen LogP contribution in [-0.2, 0) is 4.79 Å². The third-order valence-corrected chi connectivity index (χ3v) is 3.74. The minimum Gasteiger partial charge on any atom is -0.353 e. The molecule has 1 atom stereocenters. The molecule has 7 heteroatoms. The number of imide groups is 1. The molecule has 0 bridgehead atoms. The van der Waals surface area contributed by atoms with E-state index in [2.05, 4.69) is 10.3 Å². The molecular formula is C12H13ClN4O2. The predicted molar refractivity (Wildman–Crippen MR) is 70.1 cm³/mol. The van der Waals surface area contributed by atoms with Crippen LogP contribution in [0.2, 0.25) is 5.02 Å².